The van der Waals surface area contributed by atoms with Gasteiger partial charge in [0, 0.05) is 17.0 Å². The number of benzene rings is 2. The third-order valence-electron chi connectivity index (χ3n) is 3.20. The van der Waals surface area contributed by atoms with Gasteiger partial charge in [-0.15, -0.1) is 11.8 Å². The fourth-order valence-electron chi connectivity index (χ4n) is 1.87. The molecular formula is C17H14FN3O6S. The zero-order valence-electron chi connectivity index (χ0n) is 14.2. The van der Waals surface area contributed by atoms with Crippen LogP contribution in [0.2, 0.25) is 0 Å². The van der Waals surface area contributed by atoms with Crippen LogP contribution in [0.25, 0.3) is 0 Å². The Hall–Kier alpha value is -3.47. The number of ether oxygens (including phenoxy) is 1. The van der Waals surface area contributed by atoms with Crippen molar-refractivity contribution in [3.05, 3.63) is 70.0 Å². The van der Waals surface area contributed by atoms with Crippen LogP contribution in [0, 0.1) is 15.9 Å². The molecule has 2 aromatic rings. The van der Waals surface area contributed by atoms with Gasteiger partial charge in [0.05, 0.1) is 16.2 Å². The van der Waals surface area contributed by atoms with E-state index < -0.39 is 35.1 Å². The lowest BCUT2D eigenvalue weighted by atomic mass is 10.2. The number of thioether (sulfide) groups is 1. The predicted octanol–water partition coefficient (Wildman–Crippen LogP) is 1.83. The Morgan fingerprint density at radius 1 is 1.07 bits per heavy atom. The highest BCUT2D eigenvalue weighted by Crippen LogP contribution is 2.21. The minimum atomic E-state index is -0.855. The van der Waals surface area contributed by atoms with E-state index in [0.717, 1.165) is 17.8 Å². The molecule has 0 unspecified atom stereocenters. The number of carbonyl (C=O) groups excluding carboxylic acids is 3. The summed E-state index contributed by atoms with van der Waals surface area (Å²) in [4.78, 5) is 45.6. The van der Waals surface area contributed by atoms with Crippen LogP contribution in [-0.2, 0) is 14.3 Å². The summed E-state index contributed by atoms with van der Waals surface area (Å²) in [7, 11) is 0. The Kier molecular flexibility index (Phi) is 7.45. The van der Waals surface area contributed by atoms with Gasteiger partial charge in [-0.05, 0) is 24.3 Å². The molecule has 2 N–H and O–H groups in total. The molecule has 146 valence electrons. The Bertz CT molecular complexity index is 891. The normalized spacial score (nSPS) is 10.0. The van der Waals surface area contributed by atoms with Gasteiger partial charge in [-0.1, -0.05) is 12.1 Å². The average Bonchev–Trinajstić information content (AvgIpc) is 2.69. The van der Waals surface area contributed by atoms with E-state index in [2.05, 4.69) is 0 Å². The van der Waals surface area contributed by atoms with E-state index in [0.29, 0.717) is 4.90 Å². The highest BCUT2D eigenvalue weighted by atomic mass is 32.2. The molecule has 0 aliphatic carbocycles. The van der Waals surface area contributed by atoms with Crippen LogP contribution in [-0.4, -0.2) is 35.1 Å². The van der Waals surface area contributed by atoms with Crippen LogP contribution in [0.3, 0.4) is 0 Å². The van der Waals surface area contributed by atoms with Gasteiger partial charge in [-0.25, -0.2) is 4.39 Å². The van der Waals surface area contributed by atoms with Crippen molar-refractivity contribution in [3.8, 4) is 0 Å². The minimum absolute atomic E-state index is 0.0685. The number of nitro groups is 1. The largest absolute Gasteiger partial charge is 0.455 e. The topological polar surface area (TPSA) is 128 Å². The number of amides is 2. The molecule has 0 saturated heterocycles. The fraction of sp³-hybridized carbons (Fsp3) is 0.118. The summed E-state index contributed by atoms with van der Waals surface area (Å²) in [6.45, 7) is -0.642. The summed E-state index contributed by atoms with van der Waals surface area (Å²) >= 11 is 1.08. The van der Waals surface area contributed by atoms with E-state index >= 15 is 0 Å². The number of halogens is 1. The van der Waals surface area contributed by atoms with Crippen molar-refractivity contribution in [2.45, 2.75) is 4.90 Å². The molecule has 0 aliphatic heterocycles. The molecule has 0 atom stereocenters. The predicted molar refractivity (Wildman–Crippen MR) is 96.8 cm³/mol. The number of nitrogens with one attached hydrogen (secondary N) is 2. The van der Waals surface area contributed by atoms with Crippen molar-refractivity contribution in [3.63, 3.8) is 0 Å². The number of nitrogens with zero attached hydrogens (tertiary/aromatic N) is 1. The van der Waals surface area contributed by atoms with Gasteiger partial charge in [-0.3, -0.25) is 35.3 Å². The van der Waals surface area contributed by atoms with Crippen LogP contribution >= 0.6 is 11.8 Å². The number of non-ortho nitro benzene ring substituents is 1. The maximum Gasteiger partial charge on any atom is 0.316 e. The number of rotatable bonds is 7. The molecule has 0 fully saturated rings. The Labute approximate surface area is 162 Å². The standard InChI is InChI=1S/C17H14FN3O6S/c18-14-4-2-1-3-13(14)17(24)20-19-15(22)9-27-16(23)10-28-12-7-5-11(6-8-12)21(25)26/h1-8H,9-10H2,(H,19,22)(H,20,24). The van der Waals surface area contributed by atoms with Gasteiger partial charge in [-0.2, -0.15) is 0 Å². The molecule has 2 rings (SSSR count). The number of esters is 1. The van der Waals surface area contributed by atoms with Crippen LogP contribution in [0.5, 0.6) is 0 Å². The Morgan fingerprint density at radius 2 is 1.75 bits per heavy atom. The van der Waals surface area contributed by atoms with Crippen molar-refractivity contribution in [2.75, 3.05) is 12.4 Å². The van der Waals surface area contributed by atoms with Gasteiger partial charge in [0.2, 0.25) is 0 Å². The van der Waals surface area contributed by atoms with Crippen molar-refractivity contribution >= 4 is 35.2 Å². The number of nitro benzene ring substituents is 1. The first-order chi connectivity index (χ1) is 13.4. The summed E-state index contributed by atoms with van der Waals surface area (Å²) < 4.78 is 18.2. The van der Waals surface area contributed by atoms with Gasteiger partial charge < -0.3 is 4.74 Å². The third-order valence-corrected chi connectivity index (χ3v) is 4.19. The molecule has 28 heavy (non-hydrogen) atoms. The van der Waals surface area contributed by atoms with Crippen molar-refractivity contribution in [2.24, 2.45) is 0 Å². The van der Waals surface area contributed by atoms with Crippen molar-refractivity contribution in [1.82, 2.24) is 10.9 Å². The molecule has 2 amide bonds. The van der Waals surface area contributed by atoms with E-state index in [9.17, 15) is 28.9 Å². The van der Waals surface area contributed by atoms with Crippen molar-refractivity contribution < 1.29 is 28.4 Å². The van der Waals surface area contributed by atoms with Crippen LogP contribution in [0.15, 0.2) is 53.4 Å². The minimum Gasteiger partial charge on any atom is -0.455 e. The maximum absolute atomic E-state index is 13.4. The van der Waals surface area contributed by atoms with Crippen LogP contribution in [0.1, 0.15) is 10.4 Å². The van der Waals surface area contributed by atoms with E-state index in [-0.39, 0.29) is 17.0 Å². The van der Waals surface area contributed by atoms with Crippen LogP contribution in [0.4, 0.5) is 10.1 Å². The van der Waals surface area contributed by atoms with Gasteiger partial charge in [0.1, 0.15) is 5.82 Å². The van der Waals surface area contributed by atoms with E-state index in [4.69, 9.17) is 4.74 Å². The van der Waals surface area contributed by atoms with E-state index in [1.807, 2.05) is 10.9 Å². The molecule has 0 heterocycles. The molecule has 0 bridgehead atoms. The number of hydrogen-bond acceptors (Lipinski definition) is 7. The number of carbonyl (C=O) groups is 3. The lowest BCUT2D eigenvalue weighted by Gasteiger charge is -2.08. The smallest absolute Gasteiger partial charge is 0.316 e. The first kappa shape index (κ1) is 20.8. The highest BCUT2D eigenvalue weighted by molar-refractivity contribution is 8.00. The molecule has 9 nitrogen and oxygen atoms in total. The summed E-state index contributed by atoms with van der Waals surface area (Å²) in [5, 5.41) is 10.6. The molecule has 0 aromatic heterocycles. The summed E-state index contributed by atoms with van der Waals surface area (Å²) in [6, 6.07) is 10.8. The Balaban J connectivity index is 1.69. The summed E-state index contributed by atoms with van der Waals surface area (Å²) in [5.74, 6) is -3.22. The molecule has 2 aromatic carbocycles. The average molecular weight is 407 g/mol. The molecule has 11 heteroatoms. The fourth-order valence-corrected chi connectivity index (χ4v) is 2.57. The second kappa shape index (κ2) is 10.0. The molecule has 0 radical (unpaired) electrons. The zero-order valence-corrected chi connectivity index (χ0v) is 15.0. The SMILES string of the molecule is O=C(COC(=O)CSc1ccc([N+](=O)[O-])cc1)NNC(=O)c1ccccc1F. The highest BCUT2D eigenvalue weighted by Gasteiger charge is 2.13. The lowest BCUT2D eigenvalue weighted by Crippen LogP contribution is -2.43. The lowest BCUT2D eigenvalue weighted by molar-refractivity contribution is -0.384. The molecule has 0 aliphatic rings. The van der Waals surface area contributed by atoms with Crippen molar-refractivity contribution in [1.29, 1.82) is 0 Å². The third kappa shape index (κ3) is 6.36. The quantitative estimate of drug-likeness (QED) is 0.310. The maximum atomic E-state index is 13.4. The van der Waals surface area contributed by atoms with Gasteiger partial charge in [0.15, 0.2) is 6.61 Å². The zero-order chi connectivity index (χ0) is 20.5. The molecule has 0 saturated carbocycles. The van der Waals surface area contributed by atoms with E-state index in [1.165, 1.54) is 42.5 Å². The van der Waals surface area contributed by atoms with Crippen LogP contribution < -0.4 is 10.9 Å². The monoisotopic (exact) mass is 407 g/mol. The second-order valence-electron chi connectivity index (χ2n) is 5.18. The number of hydrazine groups is 1. The van der Waals surface area contributed by atoms with Gasteiger partial charge >= 0.3 is 5.97 Å². The molecular weight excluding hydrogens is 393 g/mol. The van der Waals surface area contributed by atoms with Gasteiger partial charge in [0.25, 0.3) is 17.5 Å². The Morgan fingerprint density at radius 3 is 2.39 bits per heavy atom. The summed E-state index contributed by atoms with van der Waals surface area (Å²) in [5.41, 5.74) is 3.69. The number of hydrogen-bond donors (Lipinski definition) is 2. The summed E-state index contributed by atoms with van der Waals surface area (Å²) in [6.07, 6.45) is 0. The first-order valence-corrected chi connectivity index (χ1v) is 8.72. The van der Waals surface area contributed by atoms with E-state index in [1.54, 1.807) is 0 Å². The second-order valence-corrected chi connectivity index (χ2v) is 6.23. The molecule has 0 spiro atoms. The first-order valence-electron chi connectivity index (χ1n) is 7.73.